The van der Waals surface area contributed by atoms with E-state index >= 15 is 0 Å². The van der Waals surface area contributed by atoms with E-state index in [0.717, 1.165) is 10.6 Å². The van der Waals surface area contributed by atoms with Gasteiger partial charge in [0.25, 0.3) is 11.8 Å². The molecule has 0 unspecified atom stereocenters. The molecule has 0 atom stereocenters. The molecule has 1 aliphatic heterocycles. The van der Waals surface area contributed by atoms with Gasteiger partial charge >= 0.3 is 0 Å². The highest BCUT2D eigenvalue weighted by Gasteiger charge is 2.43. The summed E-state index contributed by atoms with van der Waals surface area (Å²) in [4.78, 5) is 30.1. The standard InChI is InChI=1S/C25H21FN2O3/c1-3-27(18-9-5-4-6-10-18)23-22(20-11-7-8-12-21(20)31-2)24(29)28(25(23)30)19-15-13-17(26)14-16-19/h4-16H,3H2,1-2H3. The van der Waals surface area contributed by atoms with Crippen LogP contribution in [-0.4, -0.2) is 25.5 Å². The van der Waals surface area contributed by atoms with Gasteiger partial charge in [-0.2, -0.15) is 0 Å². The van der Waals surface area contributed by atoms with Crippen molar-refractivity contribution in [3.63, 3.8) is 0 Å². The molecule has 1 aliphatic rings. The summed E-state index contributed by atoms with van der Waals surface area (Å²) in [6.45, 7) is 2.38. The van der Waals surface area contributed by atoms with Crippen LogP contribution in [0, 0.1) is 5.82 Å². The van der Waals surface area contributed by atoms with Gasteiger partial charge in [-0.25, -0.2) is 9.29 Å². The van der Waals surface area contributed by atoms with Gasteiger partial charge in [0.05, 0.1) is 18.4 Å². The second-order valence-corrected chi connectivity index (χ2v) is 6.93. The van der Waals surface area contributed by atoms with Crippen LogP contribution < -0.4 is 14.5 Å². The van der Waals surface area contributed by atoms with E-state index < -0.39 is 17.6 Å². The second-order valence-electron chi connectivity index (χ2n) is 6.93. The Morgan fingerprint density at radius 3 is 2.16 bits per heavy atom. The zero-order valence-electron chi connectivity index (χ0n) is 17.2. The largest absolute Gasteiger partial charge is 0.496 e. The van der Waals surface area contributed by atoms with Gasteiger partial charge in [0.15, 0.2) is 0 Å². The quantitative estimate of drug-likeness (QED) is 0.549. The number of imide groups is 1. The van der Waals surface area contributed by atoms with Crippen molar-refractivity contribution >= 4 is 28.8 Å². The molecule has 6 heteroatoms. The van der Waals surface area contributed by atoms with Gasteiger partial charge in [-0.05, 0) is 49.4 Å². The van der Waals surface area contributed by atoms with E-state index in [9.17, 15) is 14.0 Å². The Balaban J connectivity index is 1.94. The molecule has 3 aromatic carbocycles. The van der Waals surface area contributed by atoms with Gasteiger partial charge in [0.1, 0.15) is 17.3 Å². The number of hydrogen-bond acceptors (Lipinski definition) is 4. The Hall–Kier alpha value is -3.93. The molecular formula is C25H21FN2O3. The van der Waals surface area contributed by atoms with Crippen LogP contribution in [0.25, 0.3) is 5.57 Å². The van der Waals surface area contributed by atoms with Crippen LogP contribution in [0.2, 0.25) is 0 Å². The molecule has 156 valence electrons. The highest BCUT2D eigenvalue weighted by Crippen LogP contribution is 2.39. The Morgan fingerprint density at radius 2 is 1.52 bits per heavy atom. The fourth-order valence-corrected chi connectivity index (χ4v) is 3.76. The van der Waals surface area contributed by atoms with E-state index in [4.69, 9.17) is 4.74 Å². The monoisotopic (exact) mass is 416 g/mol. The number of amides is 2. The number of hydrogen-bond donors (Lipinski definition) is 0. The highest BCUT2D eigenvalue weighted by atomic mass is 19.1. The number of carbonyl (C=O) groups is 2. The van der Waals surface area contributed by atoms with Gasteiger partial charge < -0.3 is 9.64 Å². The first kappa shape index (κ1) is 20.3. The number of ether oxygens (including phenoxy) is 1. The molecule has 0 saturated heterocycles. The van der Waals surface area contributed by atoms with Crippen LogP contribution in [0.4, 0.5) is 15.8 Å². The Labute approximate surface area is 180 Å². The normalized spacial score (nSPS) is 13.7. The molecule has 2 amide bonds. The molecule has 0 fully saturated rings. The molecular weight excluding hydrogens is 395 g/mol. The summed E-state index contributed by atoms with van der Waals surface area (Å²) in [5.74, 6) is -0.907. The molecule has 3 aromatic rings. The lowest BCUT2D eigenvalue weighted by molar-refractivity contribution is -0.120. The van der Waals surface area contributed by atoms with Crippen LogP contribution >= 0.6 is 0 Å². The molecule has 5 nitrogen and oxygen atoms in total. The van der Waals surface area contributed by atoms with Gasteiger partial charge in [-0.3, -0.25) is 9.59 Å². The van der Waals surface area contributed by atoms with Crippen molar-refractivity contribution in [3.8, 4) is 5.75 Å². The molecule has 31 heavy (non-hydrogen) atoms. The molecule has 0 saturated carbocycles. The minimum absolute atomic E-state index is 0.248. The molecule has 0 aromatic heterocycles. The lowest BCUT2D eigenvalue weighted by Gasteiger charge is -2.25. The molecule has 4 rings (SSSR count). The Morgan fingerprint density at radius 1 is 0.871 bits per heavy atom. The molecule has 0 spiro atoms. The van der Waals surface area contributed by atoms with Gasteiger partial charge in [-0.15, -0.1) is 0 Å². The maximum absolute atomic E-state index is 13.6. The maximum atomic E-state index is 13.6. The van der Waals surface area contributed by atoms with E-state index in [-0.39, 0.29) is 11.3 Å². The van der Waals surface area contributed by atoms with Crippen LogP contribution in [0.3, 0.4) is 0 Å². The third-order valence-corrected chi connectivity index (χ3v) is 5.17. The van der Waals surface area contributed by atoms with Crippen molar-refractivity contribution in [2.45, 2.75) is 6.92 Å². The van der Waals surface area contributed by atoms with E-state index in [1.54, 1.807) is 24.3 Å². The number of rotatable bonds is 6. The molecule has 0 bridgehead atoms. The number of anilines is 2. The van der Waals surface area contributed by atoms with Gasteiger partial charge in [0, 0.05) is 17.8 Å². The van der Waals surface area contributed by atoms with Gasteiger partial charge in [-0.1, -0.05) is 36.4 Å². The number of para-hydroxylation sites is 2. The second kappa shape index (κ2) is 8.44. The van der Waals surface area contributed by atoms with Crippen LogP contribution in [0.1, 0.15) is 12.5 Å². The lowest BCUT2D eigenvalue weighted by atomic mass is 10.0. The third-order valence-electron chi connectivity index (χ3n) is 5.17. The first-order valence-corrected chi connectivity index (χ1v) is 9.91. The topological polar surface area (TPSA) is 49.9 Å². The van der Waals surface area contributed by atoms with Crippen LogP contribution in [-0.2, 0) is 9.59 Å². The minimum Gasteiger partial charge on any atom is -0.496 e. The summed E-state index contributed by atoms with van der Waals surface area (Å²) < 4.78 is 18.9. The highest BCUT2D eigenvalue weighted by molar-refractivity contribution is 6.46. The Kier molecular flexibility index (Phi) is 5.54. The van der Waals surface area contributed by atoms with Crippen molar-refractivity contribution in [3.05, 3.63) is 95.9 Å². The summed E-state index contributed by atoms with van der Waals surface area (Å²) in [5.41, 5.74) is 2.12. The predicted octanol–water partition coefficient (Wildman–Crippen LogP) is 4.65. The van der Waals surface area contributed by atoms with Crippen LogP contribution in [0.5, 0.6) is 5.75 Å². The zero-order chi connectivity index (χ0) is 22.0. The Bertz CT molecular complexity index is 1160. The van der Waals surface area contributed by atoms with Gasteiger partial charge in [0.2, 0.25) is 0 Å². The first-order valence-electron chi connectivity index (χ1n) is 9.91. The van der Waals surface area contributed by atoms with Crippen LogP contribution in [0.15, 0.2) is 84.6 Å². The number of methoxy groups -OCH3 is 1. The van der Waals surface area contributed by atoms with Crippen molar-refractivity contribution in [2.24, 2.45) is 0 Å². The maximum Gasteiger partial charge on any atom is 0.282 e. The van der Waals surface area contributed by atoms with Crippen molar-refractivity contribution in [2.75, 3.05) is 23.5 Å². The summed E-state index contributed by atoms with van der Waals surface area (Å²) in [5, 5.41) is 0. The summed E-state index contributed by atoms with van der Waals surface area (Å²) in [6.07, 6.45) is 0. The molecule has 0 N–H and O–H groups in total. The smallest absolute Gasteiger partial charge is 0.282 e. The van der Waals surface area contributed by atoms with E-state index in [1.807, 2.05) is 42.2 Å². The number of benzene rings is 3. The SMILES string of the molecule is CCN(C1=C(c2ccccc2OC)C(=O)N(c2ccc(F)cc2)C1=O)c1ccccc1. The lowest BCUT2D eigenvalue weighted by Crippen LogP contribution is -2.35. The number of nitrogens with zero attached hydrogens (tertiary/aromatic N) is 2. The van der Waals surface area contributed by atoms with Crippen molar-refractivity contribution < 1.29 is 18.7 Å². The van der Waals surface area contributed by atoms with E-state index in [1.165, 1.54) is 31.4 Å². The summed E-state index contributed by atoms with van der Waals surface area (Å²) in [6, 6.07) is 21.8. The minimum atomic E-state index is -0.481. The summed E-state index contributed by atoms with van der Waals surface area (Å²) in [7, 11) is 1.52. The van der Waals surface area contributed by atoms with Crippen molar-refractivity contribution in [1.82, 2.24) is 0 Å². The fraction of sp³-hybridized carbons (Fsp3) is 0.120. The predicted molar refractivity (Wildman–Crippen MR) is 118 cm³/mol. The van der Waals surface area contributed by atoms with E-state index in [0.29, 0.717) is 23.5 Å². The van der Waals surface area contributed by atoms with Crippen molar-refractivity contribution in [1.29, 1.82) is 0 Å². The zero-order valence-corrected chi connectivity index (χ0v) is 17.2. The third kappa shape index (κ3) is 3.57. The first-order chi connectivity index (χ1) is 15.1. The number of halogens is 1. The number of carbonyl (C=O) groups excluding carboxylic acids is 2. The van der Waals surface area contributed by atoms with E-state index in [2.05, 4.69) is 0 Å². The molecule has 0 aliphatic carbocycles. The molecule has 1 heterocycles. The molecule has 0 radical (unpaired) electrons. The number of likely N-dealkylation sites (N-methyl/N-ethyl adjacent to an activating group) is 1. The average molecular weight is 416 g/mol. The summed E-state index contributed by atoms with van der Waals surface area (Å²) >= 11 is 0. The average Bonchev–Trinajstić information content (AvgIpc) is 3.05. The fourth-order valence-electron chi connectivity index (χ4n) is 3.76.